The van der Waals surface area contributed by atoms with E-state index < -0.39 is 0 Å². The molecule has 1 saturated carbocycles. The molecule has 0 spiro atoms. The predicted molar refractivity (Wildman–Crippen MR) is 50.2 cm³/mol. The quantitative estimate of drug-likeness (QED) is 0.642. The van der Waals surface area contributed by atoms with Crippen molar-refractivity contribution in [3.05, 3.63) is 0 Å². The number of rotatable bonds is 3. The van der Waals surface area contributed by atoms with E-state index in [4.69, 9.17) is 0 Å². The van der Waals surface area contributed by atoms with Gasteiger partial charge >= 0.3 is 0 Å². The van der Waals surface area contributed by atoms with E-state index in [-0.39, 0.29) is 11.8 Å². The minimum absolute atomic E-state index is 0.105. The first-order valence-corrected chi connectivity index (χ1v) is 4.85. The zero-order chi connectivity index (χ0) is 9.14. The van der Waals surface area contributed by atoms with E-state index in [2.05, 4.69) is 11.9 Å². The van der Waals surface area contributed by atoms with Crippen molar-refractivity contribution in [1.29, 1.82) is 0 Å². The zero-order valence-electron chi connectivity index (χ0n) is 8.34. The van der Waals surface area contributed by atoms with E-state index in [1.165, 1.54) is 25.7 Å². The molecule has 1 unspecified atom stereocenters. The van der Waals surface area contributed by atoms with E-state index in [0.717, 1.165) is 0 Å². The number of ketones is 1. The maximum Gasteiger partial charge on any atom is 0.146 e. The first kappa shape index (κ1) is 9.72. The second-order valence-corrected chi connectivity index (χ2v) is 3.89. The Morgan fingerprint density at radius 2 is 1.92 bits per heavy atom. The highest BCUT2D eigenvalue weighted by Crippen LogP contribution is 2.23. The fraction of sp³-hybridized carbons (Fsp3) is 0.900. The maximum absolute atomic E-state index is 11.1. The number of Topliss-reactive ketones (excluding diaryl/α,β-unsaturated/α-hetero) is 1. The van der Waals surface area contributed by atoms with Crippen molar-refractivity contribution >= 4 is 5.78 Å². The summed E-state index contributed by atoms with van der Waals surface area (Å²) in [7, 11) is 2.07. The van der Waals surface area contributed by atoms with Gasteiger partial charge in [-0.3, -0.25) is 9.69 Å². The molecule has 0 bridgehead atoms. The lowest BCUT2D eigenvalue weighted by molar-refractivity contribution is -0.121. The second-order valence-electron chi connectivity index (χ2n) is 3.89. The molecule has 0 aromatic rings. The van der Waals surface area contributed by atoms with Crippen molar-refractivity contribution in [3.8, 4) is 0 Å². The average Bonchev–Trinajstić information content (AvgIpc) is 2.53. The van der Waals surface area contributed by atoms with Gasteiger partial charge in [-0.2, -0.15) is 0 Å². The fourth-order valence-electron chi connectivity index (χ4n) is 1.91. The van der Waals surface area contributed by atoms with Gasteiger partial charge in [0.25, 0.3) is 0 Å². The Morgan fingerprint density at radius 3 is 2.33 bits per heavy atom. The van der Waals surface area contributed by atoms with Crippen molar-refractivity contribution in [2.24, 2.45) is 0 Å². The molecule has 1 aliphatic carbocycles. The topological polar surface area (TPSA) is 20.3 Å². The van der Waals surface area contributed by atoms with Crippen molar-refractivity contribution < 1.29 is 4.79 Å². The Bertz CT molecular complexity index is 161. The molecule has 2 heteroatoms. The summed E-state index contributed by atoms with van der Waals surface area (Å²) in [5.41, 5.74) is 0. The van der Waals surface area contributed by atoms with E-state index in [1.54, 1.807) is 6.92 Å². The molecular formula is C10H19NO. The van der Waals surface area contributed by atoms with Gasteiger partial charge in [-0.25, -0.2) is 0 Å². The summed E-state index contributed by atoms with van der Waals surface area (Å²) in [6.45, 7) is 3.68. The Kier molecular flexibility index (Phi) is 3.27. The summed E-state index contributed by atoms with van der Waals surface area (Å²) in [4.78, 5) is 13.3. The third-order valence-corrected chi connectivity index (χ3v) is 3.10. The second kappa shape index (κ2) is 4.04. The van der Waals surface area contributed by atoms with Crippen LogP contribution in [-0.4, -0.2) is 29.8 Å². The number of carbonyl (C=O) groups is 1. The summed E-state index contributed by atoms with van der Waals surface area (Å²) >= 11 is 0. The molecule has 0 aromatic carbocycles. The normalized spacial score (nSPS) is 21.7. The maximum atomic E-state index is 11.1. The summed E-state index contributed by atoms with van der Waals surface area (Å²) in [5.74, 6) is 0.282. The summed E-state index contributed by atoms with van der Waals surface area (Å²) in [6, 6.07) is 0.761. The smallest absolute Gasteiger partial charge is 0.146 e. The summed E-state index contributed by atoms with van der Waals surface area (Å²) < 4.78 is 0. The minimum atomic E-state index is 0.105. The first-order valence-electron chi connectivity index (χ1n) is 4.85. The molecule has 2 nitrogen and oxygen atoms in total. The van der Waals surface area contributed by atoms with Gasteiger partial charge in [0.1, 0.15) is 5.78 Å². The van der Waals surface area contributed by atoms with Crippen LogP contribution in [0.2, 0.25) is 0 Å². The highest BCUT2D eigenvalue weighted by Gasteiger charge is 2.24. The lowest BCUT2D eigenvalue weighted by atomic mass is 10.1. The van der Waals surface area contributed by atoms with Gasteiger partial charge in [-0.05, 0) is 33.7 Å². The van der Waals surface area contributed by atoms with Crippen LogP contribution in [0.15, 0.2) is 0 Å². The van der Waals surface area contributed by atoms with Crippen LogP contribution >= 0.6 is 0 Å². The van der Waals surface area contributed by atoms with E-state index in [9.17, 15) is 4.79 Å². The van der Waals surface area contributed by atoms with Gasteiger partial charge in [0.15, 0.2) is 0 Å². The van der Waals surface area contributed by atoms with Gasteiger partial charge in [0.2, 0.25) is 0 Å². The van der Waals surface area contributed by atoms with Crippen molar-refractivity contribution in [2.75, 3.05) is 7.05 Å². The number of nitrogens with zero attached hydrogens (tertiary/aromatic N) is 1. The van der Waals surface area contributed by atoms with Crippen LogP contribution in [-0.2, 0) is 4.79 Å². The van der Waals surface area contributed by atoms with Crippen LogP contribution in [0.3, 0.4) is 0 Å². The van der Waals surface area contributed by atoms with E-state index in [0.29, 0.717) is 6.04 Å². The Hall–Kier alpha value is -0.370. The Labute approximate surface area is 74.9 Å². The predicted octanol–water partition coefficient (Wildman–Crippen LogP) is 1.84. The molecule has 0 saturated heterocycles. The van der Waals surface area contributed by atoms with Gasteiger partial charge in [-0.1, -0.05) is 12.8 Å². The number of hydrogen-bond acceptors (Lipinski definition) is 2. The minimum Gasteiger partial charge on any atom is -0.298 e. The summed E-state index contributed by atoms with van der Waals surface area (Å²) in [5, 5.41) is 0. The molecule has 70 valence electrons. The van der Waals surface area contributed by atoms with Gasteiger partial charge in [-0.15, -0.1) is 0 Å². The van der Waals surface area contributed by atoms with E-state index in [1.807, 2.05) is 6.92 Å². The molecule has 1 atom stereocenters. The van der Waals surface area contributed by atoms with Crippen molar-refractivity contribution in [1.82, 2.24) is 4.90 Å². The molecule has 0 aliphatic heterocycles. The van der Waals surface area contributed by atoms with Crippen LogP contribution in [0.25, 0.3) is 0 Å². The van der Waals surface area contributed by atoms with Crippen molar-refractivity contribution in [2.45, 2.75) is 51.6 Å². The van der Waals surface area contributed by atoms with Gasteiger partial charge < -0.3 is 0 Å². The monoisotopic (exact) mass is 169 g/mol. The summed E-state index contributed by atoms with van der Waals surface area (Å²) in [6.07, 6.45) is 5.21. The molecule has 0 amide bonds. The SMILES string of the molecule is CC(=O)C(C)N(C)C1CCCC1. The molecule has 0 radical (unpaired) electrons. The largest absolute Gasteiger partial charge is 0.298 e. The van der Waals surface area contributed by atoms with Crippen LogP contribution in [0.4, 0.5) is 0 Å². The molecule has 0 heterocycles. The molecule has 12 heavy (non-hydrogen) atoms. The fourth-order valence-corrected chi connectivity index (χ4v) is 1.91. The van der Waals surface area contributed by atoms with Crippen LogP contribution in [0.5, 0.6) is 0 Å². The highest BCUT2D eigenvalue weighted by atomic mass is 16.1. The van der Waals surface area contributed by atoms with Gasteiger partial charge in [0, 0.05) is 6.04 Å². The van der Waals surface area contributed by atoms with Crippen LogP contribution in [0, 0.1) is 0 Å². The third kappa shape index (κ3) is 2.07. The highest BCUT2D eigenvalue weighted by molar-refractivity contribution is 5.80. The number of likely N-dealkylation sites (N-methyl/N-ethyl adjacent to an activating group) is 1. The molecule has 0 aromatic heterocycles. The molecule has 1 fully saturated rings. The standard InChI is InChI=1S/C10H19NO/c1-8(9(2)12)11(3)10-6-4-5-7-10/h8,10H,4-7H2,1-3H3. The van der Waals surface area contributed by atoms with Gasteiger partial charge in [0.05, 0.1) is 6.04 Å². The average molecular weight is 169 g/mol. The Morgan fingerprint density at radius 1 is 1.42 bits per heavy atom. The number of carbonyl (C=O) groups excluding carboxylic acids is 1. The first-order chi connectivity index (χ1) is 5.63. The number of hydrogen-bond donors (Lipinski definition) is 0. The lowest BCUT2D eigenvalue weighted by Gasteiger charge is -2.28. The molecule has 1 rings (SSSR count). The molecule has 1 aliphatic rings. The van der Waals surface area contributed by atoms with Crippen LogP contribution in [0.1, 0.15) is 39.5 Å². The lowest BCUT2D eigenvalue weighted by Crippen LogP contribution is -2.40. The molecule has 0 N–H and O–H groups in total. The molecular weight excluding hydrogens is 150 g/mol. The van der Waals surface area contributed by atoms with Crippen molar-refractivity contribution in [3.63, 3.8) is 0 Å². The Balaban J connectivity index is 2.44. The van der Waals surface area contributed by atoms with E-state index >= 15 is 0 Å². The van der Waals surface area contributed by atoms with Crippen LogP contribution < -0.4 is 0 Å². The zero-order valence-corrected chi connectivity index (χ0v) is 8.34. The third-order valence-electron chi connectivity index (χ3n) is 3.10.